The van der Waals surface area contributed by atoms with Gasteiger partial charge in [-0.2, -0.15) is 0 Å². The predicted octanol–water partition coefficient (Wildman–Crippen LogP) is 1.69. The summed E-state index contributed by atoms with van der Waals surface area (Å²) in [6, 6.07) is 5.51. The van der Waals surface area contributed by atoms with E-state index in [-0.39, 0.29) is 5.60 Å². The third-order valence-corrected chi connectivity index (χ3v) is 2.36. The van der Waals surface area contributed by atoms with E-state index in [9.17, 15) is 0 Å². The van der Waals surface area contributed by atoms with E-state index in [2.05, 4.69) is 5.32 Å². The maximum absolute atomic E-state index is 5.70. The highest BCUT2D eigenvalue weighted by Crippen LogP contribution is 2.20. The van der Waals surface area contributed by atoms with Crippen LogP contribution in [0.1, 0.15) is 13.8 Å². The van der Waals surface area contributed by atoms with E-state index in [4.69, 9.17) is 16.2 Å². The first-order valence-electron chi connectivity index (χ1n) is 4.88. The molecule has 0 radical (unpaired) electrons. The van der Waals surface area contributed by atoms with Crippen molar-refractivity contribution in [1.82, 2.24) is 0 Å². The third-order valence-electron chi connectivity index (χ3n) is 2.36. The molecule has 0 aromatic heterocycles. The molecule has 0 heterocycles. The number of hydrogen-bond acceptors (Lipinski definition) is 4. The fourth-order valence-electron chi connectivity index (χ4n) is 1.07. The predicted molar refractivity (Wildman–Crippen MR) is 64.8 cm³/mol. The second-order valence-corrected chi connectivity index (χ2v) is 4.16. The van der Waals surface area contributed by atoms with Gasteiger partial charge in [0.05, 0.1) is 17.0 Å². The minimum Gasteiger partial charge on any atom is -0.397 e. The van der Waals surface area contributed by atoms with Crippen molar-refractivity contribution in [3.8, 4) is 0 Å². The molecule has 0 spiro atoms. The zero-order valence-electron chi connectivity index (χ0n) is 9.50. The molecule has 0 bridgehead atoms. The van der Waals surface area contributed by atoms with Crippen molar-refractivity contribution in [1.29, 1.82) is 0 Å². The van der Waals surface area contributed by atoms with Gasteiger partial charge in [0, 0.05) is 19.3 Å². The van der Waals surface area contributed by atoms with Crippen LogP contribution in [0.25, 0.3) is 0 Å². The average molecular weight is 209 g/mol. The molecule has 0 aliphatic carbocycles. The first kappa shape index (κ1) is 11.7. The molecule has 0 amide bonds. The van der Waals surface area contributed by atoms with Crippen molar-refractivity contribution in [3.05, 3.63) is 18.2 Å². The average Bonchev–Trinajstić information content (AvgIpc) is 2.20. The number of methoxy groups -OCH3 is 1. The van der Waals surface area contributed by atoms with Gasteiger partial charge in [0.2, 0.25) is 0 Å². The Morgan fingerprint density at radius 1 is 1.27 bits per heavy atom. The highest BCUT2D eigenvalue weighted by molar-refractivity contribution is 5.69. The van der Waals surface area contributed by atoms with Crippen molar-refractivity contribution in [3.63, 3.8) is 0 Å². The van der Waals surface area contributed by atoms with Crippen LogP contribution in [0.4, 0.5) is 17.1 Å². The van der Waals surface area contributed by atoms with Crippen LogP contribution in [0.3, 0.4) is 0 Å². The summed E-state index contributed by atoms with van der Waals surface area (Å²) in [4.78, 5) is 0. The summed E-state index contributed by atoms with van der Waals surface area (Å²) in [6.07, 6.45) is 0. The Hall–Kier alpha value is -1.42. The minimum absolute atomic E-state index is 0.198. The summed E-state index contributed by atoms with van der Waals surface area (Å²) in [6.45, 7) is 4.74. The molecule has 84 valence electrons. The number of nitrogens with two attached hydrogens (primary N) is 2. The van der Waals surface area contributed by atoms with Gasteiger partial charge in [-0.3, -0.25) is 0 Å². The fourth-order valence-corrected chi connectivity index (χ4v) is 1.07. The van der Waals surface area contributed by atoms with E-state index >= 15 is 0 Å². The number of anilines is 3. The smallest absolute Gasteiger partial charge is 0.0794 e. The maximum atomic E-state index is 5.70. The third kappa shape index (κ3) is 3.32. The molecular weight excluding hydrogens is 190 g/mol. The Morgan fingerprint density at radius 2 is 1.93 bits per heavy atom. The summed E-state index contributed by atoms with van der Waals surface area (Å²) in [5.41, 5.74) is 13.3. The van der Waals surface area contributed by atoms with Crippen LogP contribution in [-0.2, 0) is 4.74 Å². The van der Waals surface area contributed by atoms with Crippen molar-refractivity contribution in [2.75, 3.05) is 30.4 Å². The molecule has 0 atom stereocenters. The van der Waals surface area contributed by atoms with Crippen LogP contribution in [0.15, 0.2) is 18.2 Å². The minimum atomic E-state index is -0.198. The molecular formula is C11H19N3O. The molecule has 5 N–H and O–H groups in total. The topological polar surface area (TPSA) is 73.3 Å². The van der Waals surface area contributed by atoms with E-state index in [0.717, 1.165) is 5.69 Å². The van der Waals surface area contributed by atoms with Crippen LogP contribution in [-0.4, -0.2) is 19.3 Å². The van der Waals surface area contributed by atoms with Gasteiger partial charge in [0.25, 0.3) is 0 Å². The van der Waals surface area contributed by atoms with Gasteiger partial charge in [-0.25, -0.2) is 0 Å². The first-order chi connectivity index (χ1) is 6.94. The summed E-state index contributed by atoms with van der Waals surface area (Å²) >= 11 is 0. The molecule has 15 heavy (non-hydrogen) atoms. The van der Waals surface area contributed by atoms with Gasteiger partial charge < -0.3 is 21.5 Å². The summed E-state index contributed by atoms with van der Waals surface area (Å²) < 4.78 is 5.29. The normalized spacial score (nSPS) is 11.4. The van der Waals surface area contributed by atoms with Crippen LogP contribution < -0.4 is 16.8 Å². The highest BCUT2D eigenvalue weighted by atomic mass is 16.5. The van der Waals surface area contributed by atoms with E-state index in [1.54, 1.807) is 13.2 Å². The second kappa shape index (κ2) is 4.40. The largest absolute Gasteiger partial charge is 0.397 e. The summed E-state index contributed by atoms with van der Waals surface area (Å²) in [7, 11) is 1.69. The van der Waals surface area contributed by atoms with Gasteiger partial charge in [-0.1, -0.05) is 0 Å². The molecule has 1 rings (SSSR count). The monoisotopic (exact) mass is 209 g/mol. The highest BCUT2D eigenvalue weighted by Gasteiger charge is 2.15. The first-order valence-corrected chi connectivity index (χ1v) is 4.88. The number of nitrogens with one attached hydrogen (secondary N) is 1. The molecule has 0 aliphatic rings. The zero-order valence-corrected chi connectivity index (χ0v) is 9.50. The Morgan fingerprint density at radius 3 is 2.47 bits per heavy atom. The van der Waals surface area contributed by atoms with Crippen LogP contribution in [0.5, 0.6) is 0 Å². The van der Waals surface area contributed by atoms with Gasteiger partial charge in [-0.05, 0) is 32.0 Å². The van der Waals surface area contributed by atoms with E-state index in [0.29, 0.717) is 17.9 Å². The molecule has 1 aromatic rings. The molecule has 4 nitrogen and oxygen atoms in total. The molecule has 0 aliphatic heterocycles. The van der Waals surface area contributed by atoms with Crippen LogP contribution >= 0.6 is 0 Å². The molecule has 0 unspecified atom stereocenters. The SMILES string of the molecule is COC(C)(C)CNc1ccc(N)c(N)c1. The van der Waals surface area contributed by atoms with E-state index in [1.165, 1.54) is 0 Å². The number of benzene rings is 1. The number of ether oxygens (including phenoxy) is 1. The Balaban J connectivity index is 2.62. The van der Waals surface area contributed by atoms with Gasteiger partial charge in [0.15, 0.2) is 0 Å². The van der Waals surface area contributed by atoms with Crippen molar-refractivity contribution >= 4 is 17.1 Å². The van der Waals surface area contributed by atoms with Gasteiger partial charge in [0.1, 0.15) is 0 Å². The van der Waals surface area contributed by atoms with Gasteiger partial charge >= 0.3 is 0 Å². The van der Waals surface area contributed by atoms with Crippen LogP contribution in [0.2, 0.25) is 0 Å². The molecule has 0 fully saturated rings. The number of rotatable bonds is 4. The molecule has 4 heteroatoms. The standard InChI is InChI=1S/C11H19N3O/c1-11(2,15-3)7-14-8-4-5-9(12)10(13)6-8/h4-6,14H,7,12-13H2,1-3H3. The van der Waals surface area contributed by atoms with Crippen molar-refractivity contribution in [2.24, 2.45) is 0 Å². The van der Waals surface area contributed by atoms with Crippen molar-refractivity contribution < 1.29 is 4.74 Å². The molecule has 0 saturated carbocycles. The Labute approximate surface area is 90.6 Å². The van der Waals surface area contributed by atoms with Crippen LogP contribution in [0, 0.1) is 0 Å². The summed E-state index contributed by atoms with van der Waals surface area (Å²) in [5, 5.41) is 3.24. The fraction of sp³-hybridized carbons (Fsp3) is 0.455. The lowest BCUT2D eigenvalue weighted by Gasteiger charge is -2.23. The zero-order chi connectivity index (χ0) is 11.5. The van der Waals surface area contributed by atoms with E-state index < -0.39 is 0 Å². The maximum Gasteiger partial charge on any atom is 0.0794 e. The number of nitrogen functional groups attached to an aromatic ring is 2. The quantitative estimate of drug-likeness (QED) is 0.660. The molecule has 0 saturated heterocycles. The number of hydrogen-bond donors (Lipinski definition) is 3. The second-order valence-electron chi connectivity index (χ2n) is 4.16. The summed E-state index contributed by atoms with van der Waals surface area (Å²) in [5.74, 6) is 0. The lowest BCUT2D eigenvalue weighted by molar-refractivity contribution is 0.0344. The Bertz CT molecular complexity index is 337. The van der Waals surface area contributed by atoms with Crippen molar-refractivity contribution in [2.45, 2.75) is 19.4 Å². The Kier molecular flexibility index (Phi) is 3.42. The van der Waals surface area contributed by atoms with Gasteiger partial charge in [-0.15, -0.1) is 0 Å². The lowest BCUT2D eigenvalue weighted by Crippen LogP contribution is -2.32. The van der Waals surface area contributed by atoms with E-state index in [1.807, 2.05) is 26.0 Å². The lowest BCUT2D eigenvalue weighted by atomic mass is 10.1. The molecule has 1 aromatic carbocycles.